The summed E-state index contributed by atoms with van der Waals surface area (Å²) in [6.07, 6.45) is 1.36. The van der Waals surface area contributed by atoms with Crippen molar-refractivity contribution in [3.63, 3.8) is 0 Å². The molecule has 8 heteroatoms. The van der Waals surface area contributed by atoms with Gasteiger partial charge in [0, 0.05) is 13.1 Å². The van der Waals surface area contributed by atoms with Gasteiger partial charge in [0.2, 0.25) is 10.0 Å². The van der Waals surface area contributed by atoms with Crippen molar-refractivity contribution in [3.05, 3.63) is 28.0 Å². The second-order valence-electron chi connectivity index (χ2n) is 5.43. The van der Waals surface area contributed by atoms with Gasteiger partial charge in [0.1, 0.15) is 4.90 Å². The van der Waals surface area contributed by atoms with E-state index in [1.165, 1.54) is 16.4 Å². The van der Waals surface area contributed by atoms with E-state index in [0.29, 0.717) is 19.3 Å². The molecule has 1 aliphatic heterocycles. The van der Waals surface area contributed by atoms with Crippen LogP contribution in [-0.4, -0.2) is 36.5 Å². The standard InChI is InChI=1S/C13H16Cl2FNO3S/c1-13(18)5-2-7-17(8-6-13)21(19,20)10-4-3-9(14)12(16)11(10)15/h3-4,18H,2,5-8H2,1H3. The first-order chi connectivity index (χ1) is 9.65. The van der Waals surface area contributed by atoms with Crippen LogP contribution in [0.4, 0.5) is 4.39 Å². The molecule has 4 nitrogen and oxygen atoms in total. The molecular formula is C13H16Cl2FNO3S. The molecule has 2 rings (SSSR count). The summed E-state index contributed by atoms with van der Waals surface area (Å²) in [4.78, 5) is -0.299. The van der Waals surface area contributed by atoms with Crippen molar-refractivity contribution in [1.82, 2.24) is 4.31 Å². The van der Waals surface area contributed by atoms with Crippen LogP contribution in [0.2, 0.25) is 10.0 Å². The highest BCUT2D eigenvalue weighted by molar-refractivity contribution is 7.89. The monoisotopic (exact) mass is 355 g/mol. The zero-order valence-electron chi connectivity index (χ0n) is 11.4. The van der Waals surface area contributed by atoms with Crippen LogP contribution in [0.3, 0.4) is 0 Å². The first-order valence-electron chi connectivity index (χ1n) is 6.51. The van der Waals surface area contributed by atoms with Crippen LogP contribution in [0.5, 0.6) is 0 Å². The van der Waals surface area contributed by atoms with Crippen molar-refractivity contribution in [2.75, 3.05) is 13.1 Å². The van der Waals surface area contributed by atoms with Gasteiger partial charge in [-0.05, 0) is 38.3 Å². The Morgan fingerprint density at radius 1 is 1.29 bits per heavy atom. The molecule has 0 bridgehead atoms. The maximum absolute atomic E-state index is 13.7. The number of nitrogens with zero attached hydrogens (tertiary/aromatic N) is 1. The highest BCUT2D eigenvalue weighted by Crippen LogP contribution is 2.33. The van der Waals surface area contributed by atoms with Crippen LogP contribution >= 0.6 is 23.2 Å². The minimum Gasteiger partial charge on any atom is -0.390 e. The van der Waals surface area contributed by atoms with E-state index in [2.05, 4.69) is 0 Å². The molecule has 1 N–H and O–H groups in total. The van der Waals surface area contributed by atoms with Crippen molar-refractivity contribution >= 4 is 33.2 Å². The zero-order valence-corrected chi connectivity index (χ0v) is 13.8. The van der Waals surface area contributed by atoms with E-state index in [-0.39, 0.29) is 23.0 Å². The fraction of sp³-hybridized carbons (Fsp3) is 0.538. The smallest absolute Gasteiger partial charge is 0.244 e. The molecule has 1 unspecified atom stereocenters. The highest BCUT2D eigenvalue weighted by atomic mass is 35.5. The molecule has 0 saturated carbocycles. The van der Waals surface area contributed by atoms with Gasteiger partial charge in [0.15, 0.2) is 5.82 Å². The number of hydrogen-bond donors (Lipinski definition) is 1. The Labute approximate surface area is 133 Å². The predicted molar refractivity (Wildman–Crippen MR) is 79.7 cm³/mol. The van der Waals surface area contributed by atoms with Gasteiger partial charge in [-0.25, -0.2) is 12.8 Å². The second-order valence-corrected chi connectivity index (χ2v) is 8.12. The van der Waals surface area contributed by atoms with Crippen LogP contribution in [0.25, 0.3) is 0 Å². The first kappa shape index (κ1) is 17.0. The van der Waals surface area contributed by atoms with Gasteiger partial charge in [-0.15, -0.1) is 0 Å². The summed E-state index contributed by atoms with van der Waals surface area (Å²) in [6.45, 7) is 2.10. The number of rotatable bonds is 2. The first-order valence-corrected chi connectivity index (χ1v) is 8.71. The molecule has 1 aromatic carbocycles. The highest BCUT2D eigenvalue weighted by Gasteiger charge is 2.33. The summed E-state index contributed by atoms with van der Waals surface area (Å²) in [6, 6.07) is 2.37. The molecule has 1 fully saturated rings. The van der Waals surface area contributed by atoms with E-state index >= 15 is 0 Å². The van der Waals surface area contributed by atoms with Gasteiger partial charge in [-0.2, -0.15) is 4.31 Å². The molecule has 0 aliphatic carbocycles. The summed E-state index contributed by atoms with van der Waals surface area (Å²) in [5.41, 5.74) is -0.890. The number of sulfonamides is 1. The molecule has 0 amide bonds. The minimum absolute atomic E-state index is 0.163. The van der Waals surface area contributed by atoms with Crippen molar-refractivity contribution in [2.24, 2.45) is 0 Å². The Balaban J connectivity index is 2.37. The summed E-state index contributed by atoms with van der Waals surface area (Å²) >= 11 is 11.4. The third-order valence-electron chi connectivity index (χ3n) is 3.64. The number of halogens is 3. The number of aliphatic hydroxyl groups is 1. The molecular weight excluding hydrogens is 340 g/mol. The van der Waals surface area contributed by atoms with Gasteiger partial charge >= 0.3 is 0 Å². The Kier molecular flexibility index (Phi) is 4.85. The molecule has 118 valence electrons. The molecule has 21 heavy (non-hydrogen) atoms. The maximum atomic E-state index is 13.7. The van der Waals surface area contributed by atoms with Gasteiger partial charge in [-0.3, -0.25) is 0 Å². The number of hydrogen-bond acceptors (Lipinski definition) is 3. The largest absolute Gasteiger partial charge is 0.390 e. The van der Waals surface area contributed by atoms with Crippen molar-refractivity contribution in [2.45, 2.75) is 36.7 Å². The van der Waals surface area contributed by atoms with Crippen LogP contribution in [0.1, 0.15) is 26.2 Å². The molecule has 0 spiro atoms. The van der Waals surface area contributed by atoms with Gasteiger partial charge in [-0.1, -0.05) is 23.2 Å². The Hall–Kier alpha value is -0.400. The zero-order chi connectivity index (χ0) is 15.8. The third kappa shape index (κ3) is 3.51. The van der Waals surface area contributed by atoms with E-state index in [1.54, 1.807) is 6.92 Å². The molecule has 1 saturated heterocycles. The second kappa shape index (κ2) is 6.01. The SMILES string of the molecule is CC1(O)CCCN(S(=O)(=O)c2ccc(Cl)c(F)c2Cl)CC1. The lowest BCUT2D eigenvalue weighted by atomic mass is 9.98. The summed E-state index contributed by atoms with van der Waals surface area (Å²) in [7, 11) is -3.91. The van der Waals surface area contributed by atoms with Crippen molar-refractivity contribution in [1.29, 1.82) is 0 Å². The quantitative estimate of drug-likeness (QED) is 0.829. The Morgan fingerprint density at radius 3 is 2.62 bits per heavy atom. The van der Waals surface area contributed by atoms with Crippen molar-refractivity contribution in [3.8, 4) is 0 Å². The van der Waals surface area contributed by atoms with E-state index in [4.69, 9.17) is 23.2 Å². The summed E-state index contributed by atoms with van der Waals surface area (Å²) in [5, 5.41) is 9.29. The van der Waals surface area contributed by atoms with E-state index < -0.39 is 26.5 Å². The van der Waals surface area contributed by atoms with E-state index in [9.17, 15) is 17.9 Å². The maximum Gasteiger partial charge on any atom is 0.244 e. The van der Waals surface area contributed by atoms with E-state index in [1.807, 2.05) is 0 Å². The molecule has 1 aromatic rings. The number of benzene rings is 1. The van der Waals surface area contributed by atoms with E-state index in [0.717, 1.165) is 0 Å². The fourth-order valence-corrected chi connectivity index (χ4v) is 4.52. The predicted octanol–water partition coefficient (Wildman–Crippen LogP) is 3.06. The van der Waals surface area contributed by atoms with Crippen LogP contribution in [-0.2, 0) is 10.0 Å². The fourth-order valence-electron chi connectivity index (χ4n) is 2.33. The van der Waals surface area contributed by atoms with Gasteiger partial charge < -0.3 is 5.11 Å². The Morgan fingerprint density at radius 2 is 1.95 bits per heavy atom. The van der Waals surface area contributed by atoms with Gasteiger partial charge in [0.25, 0.3) is 0 Å². The molecule has 0 aromatic heterocycles. The minimum atomic E-state index is -3.91. The summed E-state index contributed by atoms with van der Waals surface area (Å²) in [5.74, 6) is -0.943. The van der Waals surface area contributed by atoms with Crippen LogP contribution in [0, 0.1) is 5.82 Å². The average Bonchev–Trinajstić information content (AvgIpc) is 2.57. The Bertz CT molecular complexity index is 649. The lowest BCUT2D eigenvalue weighted by molar-refractivity contribution is 0.0465. The molecule has 1 aliphatic rings. The normalized spacial score (nSPS) is 24.8. The average molecular weight is 356 g/mol. The lowest BCUT2D eigenvalue weighted by Crippen LogP contribution is -2.33. The molecule has 1 heterocycles. The lowest BCUT2D eigenvalue weighted by Gasteiger charge is -2.22. The topological polar surface area (TPSA) is 57.6 Å². The third-order valence-corrected chi connectivity index (χ3v) is 6.35. The van der Waals surface area contributed by atoms with Crippen molar-refractivity contribution < 1.29 is 17.9 Å². The molecule has 0 radical (unpaired) electrons. The molecule has 1 atom stereocenters. The van der Waals surface area contributed by atoms with Crippen LogP contribution in [0.15, 0.2) is 17.0 Å². The van der Waals surface area contributed by atoms with Crippen LogP contribution < -0.4 is 0 Å². The summed E-state index contributed by atoms with van der Waals surface area (Å²) < 4.78 is 40.1. The van der Waals surface area contributed by atoms with Gasteiger partial charge in [0.05, 0.1) is 15.6 Å².